The molecule has 3 rings (SSSR count). The molecule has 0 aliphatic carbocycles. The van der Waals surface area contributed by atoms with E-state index in [0.29, 0.717) is 18.7 Å². The zero-order valence-corrected chi connectivity index (χ0v) is 15.5. The van der Waals surface area contributed by atoms with Gasteiger partial charge in [-0.2, -0.15) is 0 Å². The largest absolute Gasteiger partial charge is 0.376 e. The van der Waals surface area contributed by atoms with E-state index < -0.39 is 0 Å². The zero-order chi connectivity index (χ0) is 18.4. The highest BCUT2D eigenvalue weighted by molar-refractivity contribution is 5.95. The van der Waals surface area contributed by atoms with Crippen molar-refractivity contribution in [3.63, 3.8) is 0 Å². The van der Waals surface area contributed by atoms with Gasteiger partial charge in [0, 0.05) is 49.8 Å². The van der Waals surface area contributed by atoms with Crippen LogP contribution in [-0.4, -0.2) is 72.1 Å². The van der Waals surface area contributed by atoms with Crippen LogP contribution in [0.25, 0.3) is 11.1 Å². The van der Waals surface area contributed by atoms with Gasteiger partial charge < -0.3 is 14.5 Å². The van der Waals surface area contributed by atoms with E-state index in [1.807, 2.05) is 43.3 Å². The van der Waals surface area contributed by atoms with Gasteiger partial charge in [-0.1, -0.05) is 12.1 Å². The minimum atomic E-state index is 0.0426. The molecule has 138 valence electrons. The number of carbonyl (C=O) groups is 1. The Morgan fingerprint density at radius 1 is 1.19 bits per heavy atom. The quantitative estimate of drug-likeness (QED) is 0.764. The number of rotatable bonds is 7. The molecule has 1 saturated heterocycles. The number of ether oxygens (including phenoxy) is 1. The van der Waals surface area contributed by atoms with E-state index in [1.54, 1.807) is 12.4 Å². The molecule has 1 aliphatic heterocycles. The number of benzene rings is 1. The van der Waals surface area contributed by atoms with Crippen LogP contribution in [0.3, 0.4) is 0 Å². The van der Waals surface area contributed by atoms with Gasteiger partial charge >= 0.3 is 0 Å². The molecule has 0 spiro atoms. The third kappa shape index (κ3) is 4.86. The van der Waals surface area contributed by atoms with E-state index in [2.05, 4.69) is 14.9 Å². The number of carbonyl (C=O) groups excluding carboxylic acids is 1. The number of likely N-dealkylation sites (N-methyl/N-ethyl adjacent to an activating group) is 1. The summed E-state index contributed by atoms with van der Waals surface area (Å²) < 4.78 is 5.75. The lowest BCUT2D eigenvalue weighted by Crippen LogP contribution is -2.41. The van der Waals surface area contributed by atoms with Gasteiger partial charge in [0.15, 0.2) is 0 Å². The van der Waals surface area contributed by atoms with Crippen LogP contribution in [0.5, 0.6) is 0 Å². The number of hydrogen-bond donors (Lipinski definition) is 0. The lowest BCUT2D eigenvalue weighted by molar-refractivity contribution is 0.0512. The van der Waals surface area contributed by atoms with Crippen LogP contribution >= 0.6 is 0 Å². The summed E-state index contributed by atoms with van der Waals surface area (Å²) in [7, 11) is 4.04. The lowest BCUT2D eigenvalue weighted by Gasteiger charge is -2.27. The molecule has 0 radical (unpaired) electrons. The predicted octanol–water partition coefficient (Wildman–Crippen LogP) is 2.33. The van der Waals surface area contributed by atoms with Crippen LogP contribution in [0.2, 0.25) is 0 Å². The summed E-state index contributed by atoms with van der Waals surface area (Å²) in [6.07, 6.45) is 7.26. The molecule has 6 heteroatoms. The Balaban J connectivity index is 1.78. The minimum Gasteiger partial charge on any atom is -0.376 e. The van der Waals surface area contributed by atoms with E-state index in [4.69, 9.17) is 4.74 Å². The van der Waals surface area contributed by atoms with Gasteiger partial charge in [0.25, 0.3) is 5.91 Å². The summed E-state index contributed by atoms with van der Waals surface area (Å²) >= 11 is 0. The smallest absolute Gasteiger partial charge is 0.254 e. The molecule has 1 aliphatic rings. The van der Waals surface area contributed by atoms with Crippen molar-refractivity contribution in [3.8, 4) is 11.1 Å². The van der Waals surface area contributed by atoms with Crippen molar-refractivity contribution in [2.24, 2.45) is 0 Å². The molecule has 2 aromatic rings. The van der Waals surface area contributed by atoms with Crippen LogP contribution in [-0.2, 0) is 4.74 Å². The van der Waals surface area contributed by atoms with Gasteiger partial charge in [-0.05, 0) is 44.6 Å². The lowest BCUT2D eigenvalue weighted by atomic mass is 10.0. The van der Waals surface area contributed by atoms with Crippen LogP contribution in [0.1, 0.15) is 23.2 Å². The summed E-state index contributed by atoms with van der Waals surface area (Å²) in [5.41, 5.74) is 2.53. The van der Waals surface area contributed by atoms with Gasteiger partial charge in [0.05, 0.1) is 6.10 Å². The maximum atomic E-state index is 13.1. The van der Waals surface area contributed by atoms with E-state index in [9.17, 15) is 4.79 Å². The SMILES string of the molecule is CN(C)CCN(C[C@@H]1CCCO1)C(=O)c1cccc(-c2cncnc2)c1. The maximum absolute atomic E-state index is 13.1. The number of aromatic nitrogens is 2. The van der Waals surface area contributed by atoms with Crippen molar-refractivity contribution >= 4 is 5.91 Å². The first-order valence-electron chi connectivity index (χ1n) is 9.04. The summed E-state index contributed by atoms with van der Waals surface area (Å²) in [5.74, 6) is 0.0426. The Morgan fingerprint density at radius 2 is 2.00 bits per heavy atom. The monoisotopic (exact) mass is 354 g/mol. The molecule has 1 aromatic heterocycles. The molecule has 0 bridgehead atoms. The molecule has 0 N–H and O–H groups in total. The fraction of sp³-hybridized carbons (Fsp3) is 0.450. The Morgan fingerprint density at radius 3 is 2.69 bits per heavy atom. The van der Waals surface area contributed by atoms with Gasteiger partial charge in [-0.3, -0.25) is 4.79 Å². The molecular formula is C20H26N4O2. The summed E-state index contributed by atoms with van der Waals surface area (Å²) in [5, 5.41) is 0. The van der Waals surface area contributed by atoms with Crippen LogP contribution in [0, 0.1) is 0 Å². The molecule has 0 saturated carbocycles. The standard InChI is InChI=1S/C20H26N4O2/c1-23(2)8-9-24(14-19-7-4-10-26-19)20(25)17-6-3-5-16(11-17)18-12-21-15-22-13-18/h3,5-6,11-13,15,19H,4,7-10,14H2,1-2H3/t19-/m0/s1. The normalized spacial score (nSPS) is 16.8. The first kappa shape index (κ1) is 18.5. The first-order valence-corrected chi connectivity index (χ1v) is 9.04. The highest BCUT2D eigenvalue weighted by Crippen LogP contribution is 2.20. The predicted molar refractivity (Wildman–Crippen MR) is 101 cm³/mol. The van der Waals surface area contributed by atoms with E-state index in [-0.39, 0.29) is 12.0 Å². The van der Waals surface area contributed by atoms with Gasteiger partial charge in [-0.25, -0.2) is 9.97 Å². The minimum absolute atomic E-state index is 0.0426. The van der Waals surface area contributed by atoms with E-state index in [0.717, 1.165) is 37.1 Å². The Hall–Kier alpha value is -2.31. The summed E-state index contributed by atoms with van der Waals surface area (Å²) in [6.45, 7) is 2.95. The second kappa shape index (κ2) is 8.87. The molecule has 6 nitrogen and oxygen atoms in total. The van der Waals surface area contributed by atoms with Crippen LogP contribution < -0.4 is 0 Å². The van der Waals surface area contributed by atoms with Crippen molar-refractivity contribution in [1.82, 2.24) is 19.8 Å². The third-order valence-corrected chi connectivity index (χ3v) is 4.56. The summed E-state index contributed by atoms with van der Waals surface area (Å²) in [4.78, 5) is 25.3. The molecule has 1 atom stereocenters. The van der Waals surface area contributed by atoms with Gasteiger partial charge in [-0.15, -0.1) is 0 Å². The average molecular weight is 354 g/mol. The topological polar surface area (TPSA) is 58.6 Å². The highest BCUT2D eigenvalue weighted by Gasteiger charge is 2.23. The van der Waals surface area contributed by atoms with Crippen molar-refractivity contribution in [2.45, 2.75) is 18.9 Å². The Bertz CT molecular complexity index is 715. The maximum Gasteiger partial charge on any atom is 0.254 e. The van der Waals surface area contributed by atoms with Crippen molar-refractivity contribution in [1.29, 1.82) is 0 Å². The fourth-order valence-corrected chi connectivity index (χ4v) is 3.09. The zero-order valence-electron chi connectivity index (χ0n) is 15.5. The highest BCUT2D eigenvalue weighted by atomic mass is 16.5. The number of nitrogens with zero attached hydrogens (tertiary/aromatic N) is 4. The third-order valence-electron chi connectivity index (χ3n) is 4.56. The summed E-state index contributed by atoms with van der Waals surface area (Å²) in [6, 6.07) is 7.67. The number of amides is 1. The van der Waals surface area contributed by atoms with Crippen LogP contribution in [0.4, 0.5) is 0 Å². The molecule has 1 amide bonds. The van der Waals surface area contributed by atoms with Gasteiger partial charge in [0.1, 0.15) is 6.33 Å². The second-order valence-corrected chi connectivity index (χ2v) is 6.90. The van der Waals surface area contributed by atoms with E-state index >= 15 is 0 Å². The molecule has 26 heavy (non-hydrogen) atoms. The average Bonchev–Trinajstić information content (AvgIpc) is 3.18. The fourth-order valence-electron chi connectivity index (χ4n) is 3.09. The van der Waals surface area contributed by atoms with Crippen LogP contribution in [0.15, 0.2) is 43.0 Å². The number of hydrogen-bond acceptors (Lipinski definition) is 5. The van der Waals surface area contributed by atoms with Crippen molar-refractivity contribution in [2.75, 3.05) is 40.3 Å². The molecule has 2 heterocycles. The molecule has 1 aromatic carbocycles. The molecule has 1 fully saturated rings. The Labute approximate surface area is 154 Å². The molecule has 0 unspecified atom stereocenters. The van der Waals surface area contributed by atoms with E-state index in [1.165, 1.54) is 6.33 Å². The molecular weight excluding hydrogens is 328 g/mol. The second-order valence-electron chi connectivity index (χ2n) is 6.90. The Kier molecular flexibility index (Phi) is 6.30. The van der Waals surface area contributed by atoms with Crippen molar-refractivity contribution in [3.05, 3.63) is 48.5 Å². The first-order chi connectivity index (χ1) is 12.6. The van der Waals surface area contributed by atoms with Gasteiger partial charge in [0.2, 0.25) is 0 Å². The van der Waals surface area contributed by atoms with Crippen molar-refractivity contribution < 1.29 is 9.53 Å².